The number of carbonyl (C=O) groups excluding carboxylic acids is 1. The molecular weight excluding hydrogens is 442 g/mol. The lowest BCUT2D eigenvalue weighted by atomic mass is 9.87. The van der Waals surface area contributed by atoms with E-state index in [1.807, 2.05) is 61.5 Å². The molecule has 0 bridgehead atoms. The Labute approximate surface area is 194 Å². The Hall–Kier alpha value is -2.91. The van der Waals surface area contributed by atoms with Crippen LogP contribution in [-0.4, -0.2) is 49.6 Å². The van der Waals surface area contributed by atoms with E-state index in [1.165, 1.54) is 4.31 Å². The Balaban J connectivity index is 1.29. The molecule has 1 fully saturated rings. The van der Waals surface area contributed by atoms with Gasteiger partial charge >= 0.3 is 0 Å². The first-order valence-corrected chi connectivity index (χ1v) is 12.8. The number of carbonyl (C=O) groups is 1. The van der Waals surface area contributed by atoms with E-state index in [1.54, 1.807) is 0 Å². The Kier molecular flexibility index (Phi) is 6.99. The maximum Gasteiger partial charge on any atom is 0.269 e. The number of para-hydroxylation sites is 1. The molecule has 1 saturated heterocycles. The largest absolute Gasteiger partial charge is 0.494 e. The lowest BCUT2D eigenvalue weighted by Crippen LogP contribution is -2.47. The summed E-state index contributed by atoms with van der Waals surface area (Å²) in [6.07, 6.45) is 1.36. The molecule has 2 aromatic carbocycles. The van der Waals surface area contributed by atoms with Gasteiger partial charge in [0.25, 0.3) is 5.91 Å². The van der Waals surface area contributed by atoms with Crippen LogP contribution in [0.5, 0.6) is 5.75 Å². The van der Waals surface area contributed by atoms with Crippen molar-refractivity contribution in [2.45, 2.75) is 44.1 Å². The van der Waals surface area contributed by atoms with Crippen LogP contribution in [-0.2, 0) is 32.0 Å². The minimum absolute atomic E-state index is 0.0188. The van der Waals surface area contributed by atoms with Crippen molar-refractivity contribution in [3.63, 3.8) is 0 Å². The second kappa shape index (κ2) is 9.93. The second-order valence-electron chi connectivity index (χ2n) is 8.35. The molecule has 4 rings (SSSR count). The van der Waals surface area contributed by atoms with E-state index < -0.39 is 15.6 Å². The Morgan fingerprint density at radius 2 is 1.82 bits per heavy atom. The molecule has 1 N–H and O–H groups in total. The van der Waals surface area contributed by atoms with E-state index in [9.17, 15) is 13.2 Å². The molecule has 0 aliphatic carbocycles. The van der Waals surface area contributed by atoms with Crippen molar-refractivity contribution in [2.24, 2.45) is 5.16 Å². The maximum atomic E-state index is 12.8. The van der Waals surface area contributed by atoms with Crippen LogP contribution in [0.2, 0.25) is 0 Å². The van der Waals surface area contributed by atoms with Gasteiger partial charge < -0.3 is 14.9 Å². The predicted molar refractivity (Wildman–Crippen MR) is 125 cm³/mol. The first-order valence-electron chi connectivity index (χ1n) is 11.2. The highest BCUT2D eigenvalue weighted by molar-refractivity contribution is 7.88. The first-order chi connectivity index (χ1) is 15.9. The van der Waals surface area contributed by atoms with Crippen LogP contribution in [0.3, 0.4) is 0 Å². The summed E-state index contributed by atoms with van der Waals surface area (Å²) in [4.78, 5) is 18.4. The first kappa shape index (κ1) is 23.3. The zero-order valence-corrected chi connectivity index (χ0v) is 19.5. The SMILES string of the molecule is CCOc1ccccc1CNC(=O)C1=NOC2(CCN(S(=O)(=O)Cc3ccccc3)CC2)C1. The van der Waals surface area contributed by atoms with Gasteiger partial charge in [0.1, 0.15) is 17.1 Å². The number of oxime groups is 1. The van der Waals surface area contributed by atoms with Crippen molar-refractivity contribution in [1.82, 2.24) is 9.62 Å². The third-order valence-electron chi connectivity index (χ3n) is 6.03. The molecule has 1 amide bonds. The van der Waals surface area contributed by atoms with Crippen LogP contribution in [0.1, 0.15) is 37.3 Å². The predicted octanol–water partition coefficient (Wildman–Crippen LogP) is 2.84. The molecule has 0 atom stereocenters. The summed E-state index contributed by atoms with van der Waals surface area (Å²) in [5, 5.41) is 6.93. The highest BCUT2D eigenvalue weighted by Crippen LogP contribution is 2.35. The zero-order valence-electron chi connectivity index (χ0n) is 18.7. The van der Waals surface area contributed by atoms with Gasteiger partial charge in [-0.3, -0.25) is 4.79 Å². The van der Waals surface area contributed by atoms with Gasteiger partial charge in [0.05, 0.1) is 12.4 Å². The molecule has 1 spiro atoms. The molecule has 2 aliphatic heterocycles. The van der Waals surface area contributed by atoms with E-state index in [0.29, 0.717) is 51.2 Å². The number of nitrogens with zero attached hydrogens (tertiary/aromatic N) is 2. The molecule has 33 heavy (non-hydrogen) atoms. The molecule has 9 heteroatoms. The second-order valence-corrected chi connectivity index (χ2v) is 10.3. The third kappa shape index (κ3) is 5.54. The summed E-state index contributed by atoms with van der Waals surface area (Å²) in [6, 6.07) is 16.7. The molecule has 8 nitrogen and oxygen atoms in total. The fourth-order valence-electron chi connectivity index (χ4n) is 4.18. The minimum Gasteiger partial charge on any atom is -0.494 e. The van der Waals surface area contributed by atoms with Crippen LogP contribution < -0.4 is 10.1 Å². The zero-order chi connectivity index (χ0) is 23.3. The lowest BCUT2D eigenvalue weighted by Gasteiger charge is -2.36. The van der Waals surface area contributed by atoms with Crippen LogP contribution in [0.4, 0.5) is 0 Å². The van der Waals surface area contributed by atoms with Gasteiger partial charge in [-0.05, 0) is 18.6 Å². The Morgan fingerprint density at radius 3 is 2.55 bits per heavy atom. The van der Waals surface area contributed by atoms with Gasteiger partial charge in [-0.2, -0.15) is 0 Å². The number of benzene rings is 2. The Morgan fingerprint density at radius 1 is 1.12 bits per heavy atom. The quantitative estimate of drug-likeness (QED) is 0.639. The number of nitrogens with one attached hydrogen (secondary N) is 1. The summed E-state index contributed by atoms with van der Waals surface area (Å²) >= 11 is 0. The van der Waals surface area contributed by atoms with Crippen LogP contribution in [0, 0.1) is 0 Å². The fourth-order valence-corrected chi connectivity index (χ4v) is 5.72. The number of hydrogen-bond acceptors (Lipinski definition) is 6. The molecule has 2 aromatic rings. The van der Waals surface area contributed by atoms with Crippen molar-refractivity contribution in [2.75, 3.05) is 19.7 Å². The van der Waals surface area contributed by atoms with Gasteiger partial charge in [-0.15, -0.1) is 0 Å². The average molecular weight is 472 g/mol. The van der Waals surface area contributed by atoms with Gasteiger partial charge in [0, 0.05) is 44.5 Å². The Bertz CT molecular complexity index is 1110. The van der Waals surface area contributed by atoms with Crippen LogP contribution in [0.25, 0.3) is 0 Å². The normalized spacial score (nSPS) is 17.9. The summed E-state index contributed by atoms with van der Waals surface area (Å²) < 4.78 is 32.7. The van der Waals surface area contributed by atoms with E-state index in [-0.39, 0.29) is 11.7 Å². The summed E-state index contributed by atoms with van der Waals surface area (Å²) in [5.74, 6) is 0.442. The summed E-state index contributed by atoms with van der Waals surface area (Å²) in [6.45, 7) is 3.49. The lowest BCUT2D eigenvalue weighted by molar-refractivity contribution is -0.115. The van der Waals surface area contributed by atoms with Gasteiger partial charge in [0.15, 0.2) is 0 Å². The summed E-state index contributed by atoms with van der Waals surface area (Å²) in [7, 11) is -3.41. The molecule has 2 aliphatic rings. The van der Waals surface area contributed by atoms with Gasteiger partial charge in [-0.1, -0.05) is 53.7 Å². The van der Waals surface area contributed by atoms with E-state index in [0.717, 1.165) is 16.9 Å². The molecular formula is C24H29N3O5S. The standard InChI is InChI=1S/C24H29N3O5S/c1-2-31-22-11-7-6-10-20(22)17-25-23(28)21-16-24(32-26-21)12-14-27(15-13-24)33(29,30)18-19-8-4-3-5-9-19/h3-11H,2,12-18H2,1H3,(H,25,28). The number of piperidine rings is 1. The monoisotopic (exact) mass is 471 g/mol. The average Bonchev–Trinajstić information content (AvgIpc) is 3.22. The van der Waals surface area contributed by atoms with E-state index >= 15 is 0 Å². The third-order valence-corrected chi connectivity index (χ3v) is 7.88. The highest BCUT2D eigenvalue weighted by atomic mass is 32.2. The molecule has 2 heterocycles. The van der Waals surface area contributed by atoms with Gasteiger partial charge in [0.2, 0.25) is 10.0 Å². The number of rotatable bonds is 8. The number of amides is 1. The number of sulfonamides is 1. The van der Waals surface area contributed by atoms with Crippen molar-refractivity contribution in [1.29, 1.82) is 0 Å². The molecule has 0 aromatic heterocycles. The van der Waals surface area contributed by atoms with Gasteiger partial charge in [-0.25, -0.2) is 12.7 Å². The minimum atomic E-state index is -3.41. The number of hydrogen-bond donors (Lipinski definition) is 1. The molecule has 176 valence electrons. The highest BCUT2D eigenvalue weighted by Gasteiger charge is 2.45. The van der Waals surface area contributed by atoms with Crippen molar-refractivity contribution in [3.8, 4) is 5.75 Å². The molecule has 0 saturated carbocycles. The van der Waals surface area contributed by atoms with Crippen molar-refractivity contribution >= 4 is 21.6 Å². The van der Waals surface area contributed by atoms with Crippen LogP contribution in [0.15, 0.2) is 59.8 Å². The fraction of sp³-hybridized carbons (Fsp3) is 0.417. The van der Waals surface area contributed by atoms with Crippen molar-refractivity contribution < 1.29 is 22.8 Å². The van der Waals surface area contributed by atoms with Crippen molar-refractivity contribution in [3.05, 3.63) is 65.7 Å². The maximum absolute atomic E-state index is 12.8. The molecule has 0 radical (unpaired) electrons. The number of ether oxygens (including phenoxy) is 1. The van der Waals surface area contributed by atoms with E-state index in [2.05, 4.69) is 10.5 Å². The smallest absolute Gasteiger partial charge is 0.269 e. The summed E-state index contributed by atoms with van der Waals surface area (Å²) in [5.41, 5.74) is 1.38. The van der Waals surface area contributed by atoms with E-state index in [4.69, 9.17) is 9.57 Å². The molecule has 0 unspecified atom stereocenters. The van der Waals surface area contributed by atoms with Crippen LogP contribution >= 0.6 is 0 Å². The topological polar surface area (TPSA) is 97.3 Å².